The summed E-state index contributed by atoms with van der Waals surface area (Å²) in [6.45, 7) is 6.35. The first-order valence-corrected chi connectivity index (χ1v) is 11.4. The second-order valence-electron chi connectivity index (χ2n) is 9.01. The van der Waals surface area contributed by atoms with Crippen molar-refractivity contribution in [3.05, 3.63) is 12.2 Å². The molecule has 1 rings (SSSR count). The van der Waals surface area contributed by atoms with Crippen molar-refractivity contribution >= 4 is 17.6 Å². The van der Waals surface area contributed by atoms with E-state index in [-0.39, 0.29) is 28.6 Å². The summed E-state index contributed by atoms with van der Waals surface area (Å²) in [6, 6.07) is 0. The van der Waals surface area contributed by atoms with Crippen molar-refractivity contribution in [3.63, 3.8) is 0 Å². The second kappa shape index (κ2) is 12.9. The number of rotatable bonds is 13. The van der Waals surface area contributed by atoms with Crippen LogP contribution in [0.5, 0.6) is 0 Å². The third-order valence-electron chi connectivity index (χ3n) is 6.26. The zero-order valence-electron chi connectivity index (χ0n) is 18.2. The fraction of sp³-hybridized carbons (Fsp3) is 0.870. The van der Waals surface area contributed by atoms with Crippen molar-refractivity contribution in [2.75, 3.05) is 7.11 Å². The molecule has 0 aliphatic heterocycles. The molecular weight excluding hydrogens is 376 g/mol. The standard InChI is InChI=1S/C23H41ClO4/c1-5-6-15-23(2,3)21(26)14-13-18-17(19(24)16-20(18)25)11-9-7-8-10-12-22(27)28-4/h13-14,17-21,25-26H,5-12,15-16H2,1-4H3/b14-13+/t17-,18-,19-,20-,21-/m1/s1. The van der Waals surface area contributed by atoms with Crippen molar-refractivity contribution in [1.82, 2.24) is 0 Å². The molecule has 0 unspecified atom stereocenters. The predicted octanol–water partition coefficient (Wildman–Crippen LogP) is 5.24. The van der Waals surface area contributed by atoms with Gasteiger partial charge in [-0.15, -0.1) is 11.6 Å². The zero-order chi connectivity index (χ0) is 21.2. The number of halogens is 1. The number of hydrogen-bond acceptors (Lipinski definition) is 4. The highest BCUT2D eigenvalue weighted by Crippen LogP contribution is 2.40. The van der Waals surface area contributed by atoms with Crippen molar-refractivity contribution in [2.45, 2.75) is 103 Å². The molecule has 1 aliphatic rings. The molecule has 0 aromatic rings. The Kier molecular flexibility index (Phi) is 11.7. The van der Waals surface area contributed by atoms with Gasteiger partial charge in [0.1, 0.15) is 0 Å². The second-order valence-corrected chi connectivity index (χ2v) is 9.57. The van der Waals surface area contributed by atoms with Crippen LogP contribution in [0.2, 0.25) is 0 Å². The molecule has 5 atom stereocenters. The Labute approximate surface area is 176 Å². The molecule has 0 radical (unpaired) electrons. The van der Waals surface area contributed by atoms with Crippen LogP contribution in [-0.4, -0.2) is 40.9 Å². The van der Waals surface area contributed by atoms with Gasteiger partial charge in [0.05, 0.1) is 19.3 Å². The van der Waals surface area contributed by atoms with Crippen LogP contribution in [0.3, 0.4) is 0 Å². The van der Waals surface area contributed by atoms with Gasteiger partial charge in [0.15, 0.2) is 0 Å². The summed E-state index contributed by atoms with van der Waals surface area (Å²) in [5, 5.41) is 21.0. The SMILES string of the molecule is CCCCC(C)(C)[C@H](O)/C=C/[C@@H]1[C@@H](CCCCCCC(=O)OC)[C@H](Cl)C[C@H]1O. The van der Waals surface area contributed by atoms with Crippen molar-refractivity contribution < 1.29 is 19.7 Å². The first-order valence-electron chi connectivity index (χ1n) is 11.0. The Morgan fingerprint density at radius 1 is 1.25 bits per heavy atom. The normalized spacial score (nSPS) is 26.7. The number of esters is 1. The zero-order valence-corrected chi connectivity index (χ0v) is 19.0. The largest absolute Gasteiger partial charge is 0.469 e. The highest BCUT2D eigenvalue weighted by Gasteiger charge is 2.40. The van der Waals surface area contributed by atoms with Crippen LogP contribution in [0.4, 0.5) is 0 Å². The predicted molar refractivity (Wildman–Crippen MR) is 115 cm³/mol. The van der Waals surface area contributed by atoms with E-state index < -0.39 is 12.2 Å². The summed E-state index contributed by atoms with van der Waals surface area (Å²) in [6.07, 6.45) is 12.1. The van der Waals surface area contributed by atoms with Gasteiger partial charge in [-0.25, -0.2) is 0 Å². The molecule has 0 saturated heterocycles. The fourth-order valence-electron chi connectivity index (χ4n) is 4.11. The summed E-state index contributed by atoms with van der Waals surface area (Å²) in [5.74, 6) is 0.0963. The maximum absolute atomic E-state index is 11.1. The lowest BCUT2D eigenvalue weighted by atomic mass is 9.80. The Bertz CT molecular complexity index is 477. The van der Waals surface area contributed by atoms with Gasteiger partial charge in [0.2, 0.25) is 0 Å². The quantitative estimate of drug-likeness (QED) is 0.186. The van der Waals surface area contributed by atoms with E-state index in [0.29, 0.717) is 12.8 Å². The smallest absolute Gasteiger partial charge is 0.305 e. The molecule has 4 nitrogen and oxygen atoms in total. The van der Waals surface area contributed by atoms with Gasteiger partial charge in [-0.05, 0) is 37.0 Å². The van der Waals surface area contributed by atoms with E-state index >= 15 is 0 Å². The molecular formula is C23H41ClO4. The maximum atomic E-state index is 11.1. The number of alkyl halides is 1. The number of hydrogen-bond donors (Lipinski definition) is 2. The molecule has 0 amide bonds. The van der Waals surface area contributed by atoms with Crippen molar-refractivity contribution in [1.29, 1.82) is 0 Å². The molecule has 0 bridgehead atoms. The summed E-state index contributed by atoms with van der Waals surface area (Å²) in [4.78, 5) is 11.1. The third kappa shape index (κ3) is 8.42. The first kappa shape index (κ1) is 25.5. The van der Waals surface area contributed by atoms with E-state index in [1.807, 2.05) is 12.2 Å². The first-order chi connectivity index (χ1) is 13.2. The topological polar surface area (TPSA) is 66.8 Å². The number of aliphatic hydroxyl groups excluding tert-OH is 2. The van der Waals surface area contributed by atoms with Crippen molar-refractivity contribution in [3.8, 4) is 0 Å². The van der Waals surface area contributed by atoms with Crippen LogP contribution < -0.4 is 0 Å². The van der Waals surface area contributed by atoms with E-state index in [9.17, 15) is 15.0 Å². The minimum absolute atomic E-state index is 0.00851. The Morgan fingerprint density at radius 2 is 1.93 bits per heavy atom. The molecule has 5 heteroatoms. The average molecular weight is 417 g/mol. The van der Waals surface area contributed by atoms with E-state index in [1.165, 1.54) is 7.11 Å². The molecule has 0 aromatic carbocycles. The number of carbonyl (C=O) groups excluding carboxylic acids is 1. The Balaban J connectivity index is 2.50. The summed E-state index contributed by atoms with van der Waals surface area (Å²) < 4.78 is 4.66. The summed E-state index contributed by atoms with van der Waals surface area (Å²) >= 11 is 6.52. The van der Waals surface area contributed by atoms with Gasteiger partial charge >= 0.3 is 5.97 Å². The molecule has 0 heterocycles. The van der Waals surface area contributed by atoms with E-state index in [2.05, 4.69) is 25.5 Å². The minimum atomic E-state index is -0.514. The molecule has 1 aliphatic carbocycles. The lowest BCUT2D eigenvalue weighted by Crippen LogP contribution is -2.28. The van der Waals surface area contributed by atoms with Crippen LogP contribution in [0.15, 0.2) is 12.2 Å². The van der Waals surface area contributed by atoms with E-state index in [0.717, 1.165) is 51.4 Å². The average Bonchev–Trinajstić information content (AvgIpc) is 2.93. The molecule has 1 fully saturated rings. The van der Waals surface area contributed by atoms with E-state index in [1.54, 1.807) is 0 Å². The number of carbonyl (C=O) groups is 1. The van der Waals surface area contributed by atoms with Gasteiger partial charge in [-0.2, -0.15) is 0 Å². The van der Waals surface area contributed by atoms with Crippen LogP contribution in [0, 0.1) is 17.3 Å². The summed E-state index contributed by atoms with van der Waals surface area (Å²) in [5.41, 5.74) is -0.161. The van der Waals surface area contributed by atoms with Crippen LogP contribution in [0.25, 0.3) is 0 Å². The molecule has 28 heavy (non-hydrogen) atoms. The fourth-order valence-corrected chi connectivity index (χ4v) is 4.59. The van der Waals surface area contributed by atoms with Crippen LogP contribution in [0.1, 0.15) is 85.0 Å². The third-order valence-corrected chi connectivity index (χ3v) is 6.76. The lowest BCUT2D eigenvalue weighted by Gasteiger charge is -2.29. The maximum Gasteiger partial charge on any atom is 0.305 e. The number of methoxy groups -OCH3 is 1. The molecule has 0 spiro atoms. The summed E-state index contributed by atoms with van der Waals surface area (Å²) in [7, 11) is 1.42. The highest BCUT2D eigenvalue weighted by molar-refractivity contribution is 6.21. The Hall–Kier alpha value is -0.580. The van der Waals surface area contributed by atoms with Gasteiger partial charge in [-0.1, -0.05) is 65.0 Å². The number of unbranched alkanes of at least 4 members (excludes halogenated alkanes) is 4. The van der Waals surface area contributed by atoms with E-state index in [4.69, 9.17) is 11.6 Å². The van der Waals surface area contributed by atoms with Gasteiger partial charge in [-0.3, -0.25) is 4.79 Å². The Morgan fingerprint density at radius 3 is 2.57 bits per heavy atom. The van der Waals surface area contributed by atoms with Gasteiger partial charge in [0, 0.05) is 17.7 Å². The lowest BCUT2D eigenvalue weighted by molar-refractivity contribution is -0.140. The number of aliphatic hydroxyl groups is 2. The minimum Gasteiger partial charge on any atom is -0.469 e. The molecule has 2 N–H and O–H groups in total. The van der Waals surface area contributed by atoms with Gasteiger partial charge < -0.3 is 14.9 Å². The number of ether oxygens (including phenoxy) is 1. The monoisotopic (exact) mass is 416 g/mol. The molecule has 164 valence electrons. The van der Waals surface area contributed by atoms with Crippen LogP contribution >= 0.6 is 11.6 Å². The molecule has 1 saturated carbocycles. The highest BCUT2D eigenvalue weighted by atomic mass is 35.5. The van der Waals surface area contributed by atoms with Gasteiger partial charge in [0.25, 0.3) is 0 Å². The van der Waals surface area contributed by atoms with Crippen molar-refractivity contribution in [2.24, 2.45) is 17.3 Å². The van der Waals surface area contributed by atoms with Crippen LogP contribution in [-0.2, 0) is 9.53 Å². The molecule has 0 aromatic heterocycles.